The second-order valence-corrected chi connectivity index (χ2v) is 4.62. The lowest BCUT2D eigenvalue weighted by Gasteiger charge is -2.24. The molecule has 1 rings (SSSR count). The monoisotopic (exact) mass is 255 g/mol. The average Bonchev–Trinajstić information content (AvgIpc) is 2.25. The minimum Gasteiger partial charge on any atom is -0.478 e. The zero-order chi connectivity index (χ0) is 13.9. The highest BCUT2D eigenvalue weighted by Crippen LogP contribution is 2.15. The quantitative estimate of drug-likeness (QED) is 0.712. The van der Waals surface area contributed by atoms with Gasteiger partial charge in [-0.25, -0.2) is 9.78 Å². The van der Waals surface area contributed by atoms with Crippen molar-refractivity contribution in [3.63, 3.8) is 0 Å². The first-order chi connectivity index (χ1) is 8.21. The van der Waals surface area contributed by atoms with E-state index in [0.717, 1.165) is 0 Å². The van der Waals surface area contributed by atoms with Crippen LogP contribution in [0.5, 0.6) is 5.88 Å². The normalized spacial score (nSPS) is 13.2. The molecule has 0 bridgehead atoms. The largest absolute Gasteiger partial charge is 0.478 e. The molecule has 3 N–H and O–H groups in total. The molecule has 0 spiro atoms. The molecule has 0 saturated carbocycles. The van der Waals surface area contributed by atoms with Crippen molar-refractivity contribution in [3.05, 3.63) is 23.4 Å². The summed E-state index contributed by atoms with van der Waals surface area (Å²) in [6.45, 7) is 4.36. The number of nitrogens with zero attached hydrogens (tertiary/aromatic N) is 1. The maximum atomic E-state index is 10.9. The molecular weight excluding hydrogens is 238 g/mol. The van der Waals surface area contributed by atoms with Gasteiger partial charge in [-0.15, -0.1) is 0 Å². The van der Waals surface area contributed by atoms with Crippen LogP contribution in [-0.4, -0.2) is 44.6 Å². The molecule has 6 heteroatoms. The van der Waals surface area contributed by atoms with Crippen LogP contribution in [0.4, 0.5) is 0 Å². The van der Waals surface area contributed by atoms with Crippen molar-refractivity contribution >= 4 is 5.97 Å². The number of pyridine rings is 1. The summed E-state index contributed by atoms with van der Waals surface area (Å²) in [4.78, 5) is 14.8. The molecule has 0 aliphatic carbocycles. The minimum absolute atomic E-state index is 0.0951. The lowest BCUT2D eigenvalue weighted by molar-refractivity contribution is -0.0667. The van der Waals surface area contributed by atoms with Gasteiger partial charge in [0.25, 0.3) is 0 Å². The molecule has 1 aromatic rings. The van der Waals surface area contributed by atoms with E-state index in [2.05, 4.69) is 4.98 Å². The van der Waals surface area contributed by atoms with Gasteiger partial charge in [0, 0.05) is 12.3 Å². The molecule has 0 radical (unpaired) electrons. The van der Waals surface area contributed by atoms with E-state index in [-0.39, 0.29) is 18.1 Å². The van der Waals surface area contributed by atoms with Gasteiger partial charge in [-0.2, -0.15) is 0 Å². The molecule has 0 saturated heterocycles. The summed E-state index contributed by atoms with van der Waals surface area (Å²) in [7, 11) is 0. The number of carbonyl (C=O) groups is 1. The number of aromatic nitrogens is 1. The number of carboxylic acid groups (broad SMARTS) is 1. The van der Waals surface area contributed by atoms with Gasteiger partial charge in [0.2, 0.25) is 5.88 Å². The van der Waals surface area contributed by atoms with Crippen molar-refractivity contribution in [2.24, 2.45) is 0 Å². The molecular formula is C12H17NO5. The van der Waals surface area contributed by atoms with Crippen molar-refractivity contribution < 1.29 is 24.9 Å². The molecule has 1 aromatic heterocycles. The number of hydrogen-bond donors (Lipinski definition) is 3. The lowest BCUT2D eigenvalue weighted by Crippen LogP contribution is -2.40. The summed E-state index contributed by atoms with van der Waals surface area (Å²) in [6.07, 6.45) is 0.295. The first kappa shape index (κ1) is 14.4. The summed E-state index contributed by atoms with van der Waals surface area (Å²) < 4.78 is 5.16. The lowest BCUT2D eigenvalue weighted by atomic mass is 10.0. The van der Waals surface area contributed by atoms with Crippen molar-refractivity contribution in [3.8, 4) is 5.88 Å². The van der Waals surface area contributed by atoms with Crippen LogP contribution in [0.25, 0.3) is 0 Å². The molecule has 0 unspecified atom stereocenters. The van der Waals surface area contributed by atoms with Crippen LogP contribution >= 0.6 is 0 Å². The predicted octanol–water partition coefficient (Wildman–Crippen LogP) is 0.599. The molecule has 0 aliphatic heterocycles. The van der Waals surface area contributed by atoms with Crippen LogP contribution < -0.4 is 4.74 Å². The zero-order valence-electron chi connectivity index (χ0n) is 10.5. The molecule has 6 nitrogen and oxygen atoms in total. The van der Waals surface area contributed by atoms with Gasteiger partial charge < -0.3 is 20.1 Å². The number of ether oxygens (including phenoxy) is 1. The van der Waals surface area contributed by atoms with Crippen molar-refractivity contribution in [1.82, 2.24) is 4.98 Å². The average molecular weight is 255 g/mol. The summed E-state index contributed by atoms with van der Waals surface area (Å²) in [5.74, 6) is -0.968. The van der Waals surface area contributed by atoms with Crippen molar-refractivity contribution in [1.29, 1.82) is 0 Å². The Morgan fingerprint density at radius 2 is 2.17 bits per heavy atom. The molecule has 18 heavy (non-hydrogen) atoms. The molecule has 1 atom stereocenters. The van der Waals surface area contributed by atoms with Crippen LogP contribution in [0.2, 0.25) is 0 Å². The summed E-state index contributed by atoms with van der Waals surface area (Å²) in [5, 5.41) is 28.0. The molecule has 0 aliphatic rings. The summed E-state index contributed by atoms with van der Waals surface area (Å²) in [6, 6.07) is 1.29. The molecule has 100 valence electrons. The van der Waals surface area contributed by atoms with E-state index in [0.29, 0.717) is 5.56 Å². The van der Waals surface area contributed by atoms with Crippen LogP contribution in [0.15, 0.2) is 12.3 Å². The van der Waals surface area contributed by atoms with Crippen LogP contribution in [0, 0.1) is 6.92 Å². The third-order valence-electron chi connectivity index (χ3n) is 2.51. The van der Waals surface area contributed by atoms with Gasteiger partial charge >= 0.3 is 5.97 Å². The van der Waals surface area contributed by atoms with Gasteiger partial charge in [-0.05, 0) is 26.3 Å². The van der Waals surface area contributed by atoms with Gasteiger partial charge in [-0.1, -0.05) is 0 Å². The number of carboxylic acids is 1. The Balaban J connectivity index is 2.75. The Kier molecular flexibility index (Phi) is 4.26. The third kappa shape index (κ3) is 3.68. The molecule has 0 amide bonds. The van der Waals surface area contributed by atoms with Gasteiger partial charge in [0.05, 0.1) is 11.2 Å². The Bertz CT molecular complexity index is 439. The second-order valence-electron chi connectivity index (χ2n) is 4.62. The number of aliphatic hydroxyl groups excluding tert-OH is 1. The van der Waals surface area contributed by atoms with E-state index in [1.54, 1.807) is 6.92 Å². The fourth-order valence-corrected chi connectivity index (χ4v) is 1.18. The maximum Gasteiger partial charge on any atom is 0.336 e. The number of aryl methyl sites for hydroxylation is 1. The van der Waals surface area contributed by atoms with Gasteiger partial charge in [0.1, 0.15) is 12.7 Å². The van der Waals surface area contributed by atoms with E-state index in [1.807, 2.05) is 0 Å². The van der Waals surface area contributed by atoms with E-state index < -0.39 is 17.7 Å². The number of rotatable bonds is 5. The summed E-state index contributed by atoms with van der Waals surface area (Å²) in [5.41, 5.74) is -0.670. The highest BCUT2D eigenvalue weighted by atomic mass is 16.5. The van der Waals surface area contributed by atoms with Crippen molar-refractivity contribution in [2.75, 3.05) is 6.61 Å². The highest BCUT2D eigenvalue weighted by molar-refractivity contribution is 5.89. The SMILES string of the molecule is Cc1cnc(OC[C@H](O)C(C)(C)O)cc1C(=O)O. The Morgan fingerprint density at radius 3 is 2.67 bits per heavy atom. The number of hydrogen-bond acceptors (Lipinski definition) is 5. The smallest absolute Gasteiger partial charge is 0.336 e. The molecule has 0 fully saturated rings. The highest BCUT2D eigenvalue weighted by Gasteiger charge is 2.25. The maximum absolute atomic E-state index is 10.9. The fourth-order valence-electron chi connectivity index (χ4n) is 1.18. The van der Waals surface area contributed by atoms with Crippen LogP contribution in [0.3, 0.4) is 0 Å². The zero-order valence-corrected chi connectivity index (χ0v) is 10.5. The van der Waals surface area contributed by atoms with E-state index in [1.165, 1.54) is 26.1 Å². The number of aromatic carboxylic acids is 1. The first-order valence-electron chi connectivity index (χ1n) is 5.45. The van der Waals surface area contributed by atoms with Crippen LogP contribution in [-0.2, 0) is 0 Å². The van der Waals surface area contributed by atoms with Gasteiger partial charge in [0.15, 0.2) is 0 Å². The Morgan fingerprint density at radius 1 is 1.56 bits per heavy atom. The summed E-state index contributed by atoms with van der Waals surface area (Å²) >= 11 is 0. The first-order valence-corrected chi connectivity index (χ1v) is 5.45. The topological polar surface area (TPSA) is 99.9 Å². The van der Waals surface area contributed by atoms with Crippen LogP contribution in [0.1, 0.15) is 29.8 Å². The Labute approximate surface area is 105 Å². The minimum atomic E-state index is -1.29. The van der Waals surface area contributed by atoms with Crippen molar-refractivity contribution in [2.45, 2.75) is 32.5 Å². The number of aliphatic hydroxyl groups is 2. The third-order valence-corrected chi connectivity index (χ3v) is 2.51. The standard InChI is InChI=1S/C12H17NO5/c1-7-5-13-10(4-8(7)11(15)16)18-6-9(14)12(2,3)17/h4-5,9,14,17H,6H2,1-3H3,(H,15,16)/t9-/m0/s1. The van der Waals surface area contributed by atoms with E-state index in [4.69, 9.17) is 9.84 Å². The molecule has 1 heterocycles. The Hall–Kier alpha value is -1.66. The molecule has 0 aromatic carbocycles. The fraction of sp³-hybridized carbons (Fsp3) is 0.500. The van der Waals surface area contributed by atoms with E-state index in [9.17, 15) is 15.0 Å². The van der Waals surface area contributed by atoms with Gasteiger partial charge in [-0.3, -0.25) is 0 Å². The van der Waals surface area contributed by atoms with E-state index >= 15 is 0 Å². The second kappa shape index (κ2) is 5.32. The predicted molar refractivity (Wildman–Crippen MR) is 63.7 cm³/mol.